The molecule has 2 aromatic carbocycles. The molecule has 0 fully saturated rings. The Morgan fingerprint density at radius 1 is 1.10 bits per heavy atom. The van der Waals surface area contributed by atoms with Gasteiger partial charge in [0, 0.05) is 23.2 Å². The van der Waals surface area contributed by atoms with E-state index in [1.165, 1.54) is 18.2 Å². The largest absolute Gasteiger partial charge is 0.463 e. The van der Waals surface area contributed by atoms with Gasteiger partial charge in [-0.15, -0.1) is 0 Å². The molecule has 0 radical (unpaired) electrons. The Morgan fingerprint density at radius 2 is 1.83 bits per heavy atom. The molecule has 0 unspecified atom stereocenters. The van der Waals surface area contributed by atoms with Crippen LogP contribution in [0, 0.1) is 5.82 Å². The van der Waals surface area contributed by atoms with Crippen LogP contribution >= 0.6 is 0 Å². The van der Waals surface area contributed by atoms with E-state index in [2.05, 4.69) is 36.4 Å². The third kappa shape index (κ3) is 3.50. The summed E-state index contributed by atoms with van der Waals surface area (Å²) in [5.74, 6) is -0.447. The number of ether oxygens (including phenoxy) is 1. The average molecular weight is 401 g/mol. The molecule has 4 aromatic rings. The topological polar surface area (TPSA) is 30.7 Å². The van der Waals surface area contributed by atoms with Crippen molar-refractivity contribution in [2.24, 2.45) is 0 Å². The van der Waals surface area contributed by atoms with Gasteiger partial charge >= 0.3 is 5.97 Å². The normalized spacial score (nSPS) is 11.8. The Balaban J connectivity index is 2.10. The van der Waals surface area contributed by atoms with E-state index in [1.807, 2.05) is 24.4 Å². The molecule has 0 atom stereocenters. The highest BCUT2D eigenvalue weighted by molar-refractivity contribution is 6.02. The van der Waals surface area contributed by atoms with E-state index in [1.54, 1.807) is 19.1 Å². The molecular weight excluding hydrogens is 377 g/mol. The zero-order chi connectivity index (χ0) is 21.3. The fourth-order valence-corrected chi connectivity index (χ4v) is 4.06. The average Bonchev–Trinajstić information content (AvgIpc) is 3.08. The molecule has 0 aliphatic rings. The minimum Gasteiger partial charge on any atom is -0.463 e. The fraction of sp³-hybridized carbons (Fsp3) is 0.192. The Labute approximate surface area is 175 Å². The molecule has 2 aromatic heterocycles. The summed E-state index contributed by atoms with van der Waals surface area (Å²) in [6, 6.07) is 16.8. The van der Waals surface area contributed by atoms with Gasteiger partial charge in [0.2, 0.25) is 0 Å². The molecule has 4 heteroatoms. The zero-order valence-electron chi connectivity index (χ0n) is 17.4. The second-order valence-corrected chi connectivity index (χ2v) is 7.54. The molecule has 0 amide bonds. The fourth-order valence-electron chi connectivity index (χ4n) is 4.06. The maximum Gasteiger partial charge on any atom is 0.330 e. The minimum atomic E-state index is -0.377. The molecule has 30 heavy (non-hydrogen) atoms. The minimum absolute atomic E-state index is 0.210. The lowest BCUT2D eigenvalue weighted by Gasteiger charge is -2.08. The SMILES string of the molecule is CCOC(=O)/C=C/c1c(C(C)C)c2c3ccccc3ccn2c1-c1ccc(F)cc1. The maximum atomic E-state index is 13.6. The molecule has 0 aliphatic heterocycles. The number of fused-ring (bicyclic) bond motifs is 3. The molecule has 0 saturated heterocycles. The Bertz CT molecular complexity index is 1250. The summed E-state index contributed by atoms with van der Waals surface area (Å²) < 4.78 is 20.9. The summed E-state index contributed by atoms with van der Waals surface area (Å²) >= 11 is 0. The van der Waals surface area contributed by atoms with Crippen molar-refractivity contribution in [3.8, 4) is 11.3 Å². The molecule has 0 saturated carbocycles. The van der Waals surface area contributed by atoms with E-state index < -0.39 is 0 Å². The molecule has 3 nitrogen and oxygen atoms in total. The van der Waals surface area contributed by atoms with Crippen molar-refractivity contribution < 1.29 is 13.9 Å². The first kappa shape index (κ1) is 19.9. The first-order valence-corrected chi connectivity index (χ1v) is 10.2. The van der Waals surface area contributed by atoms with Crippen molar-refractivity contribution in [1.82, 2.24) is 4.40 Å². The number of rotatable bonds is 5. The predicted molar refractivity (Wildman–Crippen MR) is 120 cm³/mol. The van der Waals surface area contributed by atoms with E-state index in [9.17, 15) is 9.18 Å². The van der Waals surface area contributed by atoms with E-state index in [4.69, 9.17) is 4.74 Å². The van der Waals surface area contributed by atoms with Crippen LogP contribution in [0.4, 0.5) is 4.39 Å². The highest BCUT2D eigenvalue weighted by Crippen LogP contribution is 2.40. The number of carbonyl (C=O) groups excluding carboxylic acids is 1. The van der Waals surface area contributed by atoms with Gasteiger partial charge in [0.1, 0.15) is 5.82 Å². The van der Waals surface area contributed by atoms with Gasteiger partial charge in [0.15, 0.2) is 0 Å². The first-order chi connectivity index (χ1) is 14.5. The van der Waals surface area contributed by atoms with E-state index >= 15 is 0 Å². The van der Waals surface area contributed by atoms with Crippen LogP contribution in [0.1, 0.15) is 37.8 Å². The highest BCUT2D eigenvalue weighted by Gasteiger charge is 2.22. The molecule has 4 rings (SSSR count). The number of nitrogens with zero attached hydrogens (tertiary/aromatic N) is 1. The van der Waals surface area contributed by atoms with Crippen LogP contribution in [0.2, 0.25) is 0 Å². The van der Waals surface area contributed by atoms with Gasteiger partial charge in [-0.3, -0.25) is 0 Å². The molecule has 2 heterocycles. The Kier molecular flexibility index (Phi) is 5.40. The number of hydrogen-bond acceptors (Lipinski definition) is 2. The number of pyridine rings is 1. The molecular formula is C26H24FNO2. The zero-order valence-corrected chi connectivity index (χ0v) is 17.4. The van der Waals surface area contributed by atoms with Gasteiger partial charge in [-0.05, 0) is 65.8 Å². The smallest absolute Gasteiger partial charge is 0.330 e. The van der Waals surface area contributed by atoms with Gasteiger partial charge < -0.3 is 9.14 Å². The number of halogens is 1. The summed E-state index contributed by atoms with van der Waals surface area (Å²) in [5, 5.41) is 2.29. The van der Waals surface area contributed by atoms with Crippen LogP contribution in [0.3, 0.4) is 0 Å². The third-order valence-corrected chi connectivity index (χ3v) is 5.27. The molecule has 0 N–H and O–H groups in total. The number of esters is 1. The van der Waals surface area contributed by atoms with Crippen LogP contribution in [0.5, 0.6) is 0 Å². The van der Waals surface area contributed by atoms with Crippen LogP contribution in [-0.2, 0) is 9.53 Å². The lowest BCUT2D eigenvalue weighted by Crippen LogP contribution is -1.99. The van der Waals surface area contributed by atoms with Gasteiger partial charge in [0.05, 0.1) is 17.8 Å². The van der Waals surface area contributed by atoms with Crippen molar-refractivity contribution in [2.45, 2.75) is 26.7 Å². The van der Waals surface area contributed by atoms with Crippen molar-refractivity contribution in [2.75, 3.05) is 6.61 Å². The Morgan fingerprint density at radius 3 is 2.53 bits per heavy atom. The van der Waals surface area contributed by atoms with Crippen LogP contribution in [0.25, 0.3) is 33.6 Å². The maximum absolute atomic E-state index is 13.6. The van der Waals surface area contributed by atoms with Crippen LogP contribution < -0.4 is 0 Å². The predicted octanol–water partition coefficient (Wildman–Crippen LogP) is 6.60. The van der Waals surface area contributed by atoms with Gasteiger partial charge in [-0.25, -0.2) is 9.18 Å². The number of hydrogen-bond donors (Lipinski definition) is 0. The summed E-state index contributed by atoms with van der Waals surface area (Å²) in [4.78, 5) is 12.1. The Hall–Kier alpha value is -3.40. The van der Waals surface area contributed by atoms with Gasteiger partial charge in [-0.2, -0.15) is 0 Å². The summed E-state index contributed by atoms with van der Waals surface area (Å²) in [7, 11) is 0. The number of carbonyl (C=O) groups is 1. The number of benzene rings is 2. The molecule has 0 aliphatic carbocycles. The lowest BCUT2D eigenvalue weighted by molar-refractivity contribution is -0.137. The lowest BCUT2D eigenvalue weighted by atomic mass is 9.95. The van der Waals surface area contributed by atoms with Crippen molar-refractivity contribution >= 4 is 28.3 Å². The van der Waals surface area contributed by atoms with Gasteiger partial charge in [0.25, 0.3) is 0 Å². The summed E-state index contributed by atoms with van der Waals surface area (Å²) in [5.41, 5.74) is 5.01. The van der Waals surface area contributed by atoms with E-state index in [0.29, 0.717) is 6.61 Å². The van der Waals surface area contributed by atoms with Gasteiger partial charge in [-0.1, -0.05) is 38.1 Å². The first-order valence-electron chi connectivity index (χ1n) is 10.2. The molecule has 0 spiro atoms. The molecule has 0 bridgehead atoms. The van der Waals surface area contributed by atoms with Crippen LogP contribution in [-0.4, -0.2) is 17.0 Å². The number of aromatic nitrogens is 1. The summed E-state index contributed by atoms with van der Waals surface area (Å²) in [6.45, 7) is 6.40. The quantitative estimate of drug-likeness (QED) is 0.279. The molecule has 152 valence electrons. The second-order valence-electron chi connectivity index (χ2n) is 7.54. The second kappa shape index (κ2) is 8.15. The van der Waals surface area contributed by atoms with Crippen molar-refractivity contribution in [3.63, 3.8) is 0 Å². The summed E-state index contributed by atoms with van der Waals surface area (Å²) in [6.07, 6.45) is 5.34. The third-order valence-electron chi connectivity index (χ3n) is 5.27. The van der Waals surface area contributed by atoms with Crippen molar-refractivity contribution in [3.05, 3.63) is 83.8 Å². The van der Waals surface area contributed by atoms with E-state index in [0.717, 1.165) is 38.7 Å². The van der Waals surface area contributed by atoms with Crippen molar-refractivity contribution in [1.29, 1.82) is 0 Å². The highest BCUT2D eigenvalue weighted by atomic mass is 19.1. The standard InChI is InChI=1S/C26H24FNO2/c1-4-30-23(29)14-13-22-24(17(2)3)26-21-8-6-5-7-18(21)15-16-28(26)25(22)19-9-11-20(27)12-10-19/h5-17H,4H2,1-3H3/b14-13+. The van der Waals surface area contributed by atoms with E-state index in [-0.39, 0.29) is 17.7 Å². The van der Waals surface area contributed by atoms with Crippen LogP contribution in [0.15, 0.2) is 66.9 Å². The monoisotopic (exact) mass is 401 g/mol.